The van der Waals surface area contributed by atoms with E-state index in [-0.39, 0.29) is 0 Å². The Morgan fingerprint density at radius 1 is 0.692 bits per heavy atom. The van der Waals surface area contributed by atoms with Crippen molar-refractivity contribution < 1.29 is 17.4 Å². The minimum Gasteiger partial charge on any atom is -0.421 e. The molecule has 0 fully saturated rings. The molecule has 0 saturated carbocycles. The minimum atomic E-state index is -2.93. The lowest BCUT2D eigenvalue weighted by Gasteiger charge is -2.31. The molecule has 0 aliphatic rings. The highest BCUT2D eigenvalue weighted by Crippen LogP contribution is 2.53. The molecule has 0 aromatic rings. The summed E-state index contributed by atoms with van der Waals surface area (Å²) in [5, 5.41) is 0. The maximum absolute atomic E-state index is 13.1. The van der Waals surface area contributed by atoms with E-state index in [2.05, 4.69) is 39.3 Å². The monoisotopic (exact) mass is 438 g/mol. The third-order valence-corrected chi connectivity index (χ3v) is 12.0. The fraction of sp³-hybridized carbons (Fsp3) is 1.00. The van der Waals surface area contributed by atoms with Crippen molar-refractivity contribution in [1.82, 2.24) is 0 Å². The van der Waals surface area contributed by atoms with Crippen LogP contribution in [-0.4, -0.2) is 39.7 Å². The van der Waals surface area contributed by atoms with E-state index >= 15 is 0 Å². The first-order valence-corrected chi connectivity index (χ1v) is 19.9. The molecule has 0 aliphatic heterocycles. The molecule has 0 heterocycles. The normalized spacial score (nSPS) is 13.3. The first kappa shape index (κ1) is 26.8. The van der Waals surface area contributed by atoms with Crippen molar-refractivity contribution in [3.63, 3.8) is 0 Å². The van der Waals surface area contributed by atoms with Gasteiger partial charge in [-0.1, -0.05) is 51.4 Å². The zero-order valence-corrected chi connectivity index (χ0v) is 22.3. The maximum Gasteiger partial charge on any atom is 0.311 e. The van der Waals surface area contributed by atoms with Gasteiger partial charge in [0.15, 0.2) is 16.6 Å². The Bertz CT molecular complexity index is 375. The molecule has 0 N–H and O–H groups in total. The van der Waals surface area contributed by atoms with E-state index in [4.69, 9.17) is 12.9 Å². The molecule has 2 radical (unpaired) electrons. The third-order valence-electron chi connectivity index (χ3n) is 3.68. The van der Waals surface area contributed by atoms with Crippen molar-refractivity contribution in [2.75, 3.05) is 13.3 Å². The molecule has 0 bridgehead atoms. The zero-order valence-electron chi connectivity index (χ0n) is 18.4. The smallest absolute Gasteiger partial charge is 0.311 e. The largest absolute Gasteiger partial charge is 0.421 e. The summed E-state index contributed by atoms with van der Waals surface area (Å²) in [6, 6.07) is 1.22. The van der Waals surface area contributed by atoms with Crippen molar-refractivity contribution >= 4 is 34.0 Å². The van der Waals surface area contributed by atoms with E-state index in [1.165, 1.54) is 51.0 Å². The van der Waals surface area contributed by atoms with E-state index in [9.17, 15) is 4.57 Å². The topological polar surface area (TPSA) is 44.8 Å². The van der Waals surface area contributed by atoms with Gasteiger partial charge in [-0.15, -0.1) is 0 Å². The third kappa shape index (κ3) is 18.1. The van der Waals surface area contributed by atoms with Crippen LogP contribution in [0.4, 0.5) is 0 Å². The van der Waals surface area contributed by atoms with Gasteiger partial charge in [-0.3, -0.25) is 4.57 Å². The molecule has 0 rings (SSSR count). The summed E-state index contributed by atoms with van der Waals surface area (Å²) in [6.45, 7) is 12.5. The second-order valence-corrected chi connectivity index (χ2v) is 21.8. The highest BCUT2D eigenvalue weighted by Gasteiger charge is 2.35. The van der Waals surface area contributed by atoms with Crippen LogP contribution in [-0.2, 0) is 17.4 Å². The Labute approximate surface area is 167 Å². The van der Waals surface area contributed by atoms with Crippen LogP contribution < -0.4 is 0 Å². The van der Waals surface area contributed by atoms with E-state index < -0.39 is 24.2 Å². The fourth-order valence-corrected chi connectivity index (χ4v) is 11.9. The van der Waals surface area contributed by atoms with Crippen molar-refractivity contribution in [3.8, 4) is 0 Å². The molecule has 156 valence electrons. The second kappa shape index (κ2) is 13.9. The molecule has 0 aliphatic carbocycles. The Balaban J connectivity index is 3.87. The Kier molecular flexibility index (Phi) is 14.3. The second-order valence-electron chi connectivity index (χ2n) is 9.02. The minimum absolute atomic E-state index is 0.585. The first-order valence-electron chi connectivity index (χ1n) is 10.2. The SMILES string of the molecule is CO[Si]CCCCCCCCCCCP(=O)(O[Si](C)(C)C)O[Si](C)(C)C. The van der Waals surface area contributed by atoms with Crippen molar-refractivity contribution in [2.45, 2.75) is 103 Å². The molecule has 4 nitrogen and oxygen atoms in total. The molecule has 26 heavy (non-hydrogen) atoms. The molecular formula is C18H43O4PSi3. The van der Waals surface area contributed by atoms with Crippen LogP contribution in [0.1, 0.15) is 57.8 Å². The van der Waals surface area contributed by atoms with Crippen LogP contribution in [0.3, 0.4) is 0 Å². The number of rotatable bonds is 17. The van der Waals surface area contributed by atoms with Crippen LogP contribution in [0.25, 0.3) is 0 Å². The molecule has 0 atom stereocenters. The van der Waals surface area contributed by atoms with Crippen molar-refractivity contribution in [1.29, 1.82) is 0 Å². The highest BCUT2D eigenvalue weighted by molar-refractivity contribution is 7.57. The van der Waals surface area contributed by atoms with Crippen molar-refractivity contribution in [2.24, 2.45) is 0 Å². The van der Waals surface area contributed by atoms with Crippen LogP contribution in [0, 0.1) is 0 Å². The lowest BCUT2D eigenvalue weighted by molar-refractivity contribution is 0.380. The standard InChI is InChI=1S/C18H43O4PSi3/c1-20-24-18-16-14-12-10-8-9-11-13-15-17-23(19,21-25(2,3)4)22-26(5,6)7/h8-18H2,1-7H3. The summed E-state index contributed by atoms with van der Waals surface area (Å²) in [5.41, 5.74) is 0. The summed E-state index contributed by atoms with van der Waals surface area (Å²) >= 11 is 0. The lowest BCUT2D eigenvalue weighted by atomic mass is 10.1. The average molecular weight is 439 g/mol. The van der Waals surface area contributed by atoms with E-state index in [0.717, 1.165) is 12.8 Å². The van der Waals surface area contributed by atoms with Crippen LogP contribution >= 0.6 is 7.60 Å². The first-order chi connectivity index (χ1) is 12.0. The summed E-state index contributed by atoms with van der Waals surface area (Å²) in [5.74, 6) is 0. The predicted molar refractivity (Wildman–Crippen MR) is 120 cm³/mol. The Morgan fingerprint density at radius 3 is 1.46 bits per heavy atom. The molecule has 0 saturated heterocycles. The fourth-order valence-electron chi connectivity index (χ4n) is 2.79. The van der Waals surface area contributed by atoms with Gasteiger partial charge in [0, 0.05) is 13.3 Å². The van der Waals surface area contributed by atoms with Crippen molar-refractivity contribution in [3.05, 3.63) is 0 Å². The molecule has 0 aromatic heterocycles. The summed E-state index contributed by atoms with van der Waals surface area (Å²) in [4.78, 5) is 0. The van der Waals surface area contributed by atoms with Gasteiger partial charge < -0.3 is 12.9 Å². The zero-order chi connectivity index (χ0) is 20.1. The highest BCUT2D eigenvalue weighted by atomic mass is 31.2. The summed E-state index contributed by atoms with van der Waals surface area (Å²) < 4.78 is 30.2. The quantitative estimate of drug-likeness (QED) is 0.138. The molecule has 0 amide bonds. The van der Waals surface area contributed by atoms with E-state index in [1.807, 2.05) is 0 Å². The molecule has 0 aromatic carbocycles. The average Bonchev–Trinajstić information content (AvgIpc) is 2.44. The summed E-state index contributed by atoms with van der Waals surface area (Å²) in [6.07, 6.45) is 11.8. The van der Waals surface area contributed by atoms with E-state index in [1.54, 1.807) is 7.11 Å². The van der Waals surface area contributed by atoms with Gasteiger partial charge >= 0.3 is 7.60 Å². The number of hydrogen-bond donors (Lipinski definition) is 0. The van der Waals surface area contributed by atoms with Gasteiger partial charge in [-0.25, -0.2) is 0 Å². The van der Waals surface area contributed by atoms with Gasteiger partial charge in [0.1, 0.15) is 0 Å². The molecule has 0 spiro atoms. The van der Waals surface area contributed by atoms with Crippen LogP contribution in [0.2, 0.25) is 45.3 Å². The van der Waals surface area contributed by atoms with Gasteiger partial charge in [-0.2, -0.15) is 0 Å². The molecule has 0 unspecified atom stereocenters. The van der Waals surface area contributed by atoms with Crippen LogP contribution in [0.5, 0.6) is 0 Å². The van der Waals surface area contributed by atoms with Gasteiger partial charge in [0.25, 0.3) is 0 Å². The van der Waals surface area contributed by atoms with Gasteiger partial charge in [-0.05, 0) is 51.7 Å². The van der Waals surface area contributed by atoms with E-state index in [0.29, 0.717) is 15.9 Å². The predicted octanol–water partition coefficient (Wildman–Crippen LogP) is 7.08. The number of unbranched alkanes of at least 4 members (excludes halogenated alkanes) is 8. The van der Waals surface area contributed by atoms with Crippen LogP contribution in [0.15, 0.2) is 0 Å². The summed E-state index contributed by atoms with van der Waals surface area (Å²) in [7, 11) is -4.21. The Hall–Kier alpha value is 0.761. The van der Waals surface area contributed by atoms with Gasteiger partial charge in [0.05, 0.1) is 0 Å². The maximum atomic E-state index is 13.1. The van der Waals surface area contributed by atoms with Gasteiger partial charge in [0.2, 0.25) is 9.76 Å². The Morgan fingerprint density at radius 2 is 1.08 bits per heavy atom. The number of hydrogen-bond acceptors (Lipinski definition) is 4. The molecular weight excluding hydrogens is 395 g/mol. The lowest BCUT2D eigenvalue weighted by Crippen LogP contribution is -2.30. The molecule has 8 heteroatoms.